The van der Waals surface area contributed by atoms with Crippen LogP contribution < -0.4 is 4.74 Å². The van der Waals surface area contributed by atoms with E-state index in [1.165, 1.54) is 32.1 Å². The molecule has 1 unspecified atom stereocenters. The molecule has 1 aliphatic rings. The lowest BCUT2D eigenvalue weighted by Crippen LogP contribution is -2.34. The van der Waals surface area contributed by atoms with Gasteiger partial charge in [0.15, 0.2) is 6.10 Å². The van der Waals surface area contributed by atoms with E-state index in [4.69, 9.17) is 9.47 Å². The van der Waals surface area contributed by atoms with Crippen molar-refractivity contribution in [2.24, 2.45) is 5.92 Å². The Bertz CT molecular complexity index is 824. The standard InChI is InChI=1S/C30H41F3O2/c1-2-3-4-5-6-10-21-34-28-19-17-27(18-20-28)26-15-13-25(14-16-26)23-35-29(30(31,32)33)22-24-11-8-7-9-12-24/h13-20,24,29H,2-12,21-23H2,1H3. The van der Waals surface area contributed by atoms with Crippen LogP contribution in [0.25, 0.3) is 11.1 Å². The molecule has 3 rings (SSSR count). The summed E-state index contributed by atoms with van der Waals surface area (Å²) in [4.78, 5) is 0. The highest BCUT2D eigenvalue weighted by Gasteiger charge is 2.41. The van der Waals surface area contributed by atoms with Gasteiger partial charge in [-0.25, -0.2) is 0 Å². The summed E-state index contributed by atoms with van der Waals surface area (Å²) in [5.74, 6) is 0.985. The lowest BCUT2D eigenvalue weighted by Gasteiger charge is -2.28. The van der Waals surface area contributed by atoms with Crippen LogP contribution in [0.5, 0.6) is 5.75 Å². The zero-order chi connectivity index (χ0) is 24.9. The van der Waals surface area contributed by atoms with Gasteiger partial charge in [0.05, 0.1) is 13.2 Å². The number of hydrogen-bond acceptors (Lipinski definition) is 2. The van der Waals surface area contributed by atoms with Crippen LogP contribution >= 0.6 is 0 Å². The van der Waals surface area contributed by atoms with Crippen molar-refractivity contribution in [2.45, 2.75) is 103 Å². The number of unbranched alkanes of at least 4 members (excludes halogenated alkanes) is 5. The van der Waals surface area contributed by atoms with Crippen molar-refractivity contribution in [3.8, 4) is 16.9 Å². The monoisotopic (exact) mass is 490 g/mol. The van der Waals surface area contributed by atoms with Gasteiger partial charge in [0.25, 0.3) is 0 Å². The molecule has 0 heterocycles. The number of ether oxygens (including phenoxy) is 2. The van der Waals surface area contributed by atoms with Crippen LogP contribution in [0.15, 0.2) is 48.5 Å². The van der Waals surface area contributed by atoms with Crippen molar-refractivity contribution in [2.75, 3.05) is 6.61 Å². The molecule has 194 valence electrons. The van der Waals surface area contributed by atoms with Gasteiger partial charge >= 0.3 is 6.18 Å². The molecule has 0 spiro atoms. The largest absolute Gasteiger partial charge is 0.494 e. The van der Waals surface area contributed by atoms with Gasteiger partial charge in [-0.2, -0.15) is 13.2 Å². The third-order valence-electron chi connectivity index (χ3n) is 7.00. The van der Waals surface area contributed by atoms with Gasteiger partial charge in [0.2, 0.25) is 0 Å². The maximum atomic E-state index is 13.5. The summed E-state index contributed by atoms with van der Waals surface area (Å²) in [6.07, 6.45) is 6.46. The Kier molecular flexibility index (Phi) is 11.4. The lowest BCUT2D eigenvalue weighted by molar-refractivity contribution is -0.229. The normalized spacial score (nSPS) is 15.8. The van der Waals surface area contributed by atoms with Crippen LogP contribution in [0.3, 0.4) is 0 Å². The Labute approximate surface area is 209 Å². The van der Waals surface area contributed by atoms with E-state index in [2.05, 4.69) is 6.92 Å². The molecule has 2 aromatic rings. The van der Waals surface area contributed by atoms with Crippen molar-refractivity contribution < 1.29 is 22.6 Å². The van der Waals surface area contributed by atoms with E-state index in [-0.39, 0.29) is 18.9 Å². The minimum atomic E-state index is -4.32. The third-order valence-corrected chi connectivity index (χ3v) is 7.00. The van der Waals surface area contributed by atoms with Gasteiger partial charge in [-0.1, -0.05) is 108 Å². The first-order chi connectivity index (χ1) is 17.0. The highest BCUT2D eigenvalue weighted by molar-refractivity contribution is 5.64. The Morgan fingerprint density at radius 1 is 0.800 bits per heavy atom. The fourth-order valence-electron chi connectivity index (χ4n) is 4.83. The van der Waals surface area contributed by atoms with Crippen molar-refractivity contribution in [1.82, 2.24) is 0 Å². The highest BCUT2D eigenvalue weighted by atomic mass is 19.4. The summed E-state index contributed by atoms with van der Waals surface area (Å²) in [6.45, 7) is 2.93. The topological polar surface area (TPSA) is 18.5 Å². The summed E-state index contributed by atoms with van der Waals surface area (Å²) in [6, 6.07) is 15.6. The quantitative estimate of drug-likeness (QED) is 0.246. The Morgan fingerprint density at radius 2 is 1.40 bits per heavy atom. The molecule has 0 N–H and O–H groups in total. The van der Waals surface area contributed by atoms with Crippen LogP contribution in [-0.4, -0.2) is 18.9 Å². The van der Waals surface area contributed by atoms with E-state index in [0.717, 1.165) is 67.6 Å². The van der Waals surface area contributed by atoms with Crippen LogP contribution in [0.1, 0.15) is 89.5 Å². The molecule has 0 amide bonds. The molecule has 1 saturated carbocycles. The average molecular weight is 491 g/mol. The van der Waals surface area contributed by atoms with E-state index in [9.17, 15) is 13.2 Å². The van der Waals surface area contributed by atoms with Crippen molar-refractivity contribution in [3.05, 3.63) is 54.1 Å². The summed E-state index contributed by atoms with van der Waals surface area (Å²) in [5, 5.41) is 0. The van der Waals surface area contributed by atoms with Gasteiger partial charge < -0.3 is 9.47 Å². The van der Waals surface area contributed by atoms with E-state index in [0.29, 0.717) is 0 Å². The van der Waals surface area contributed by atoms with Gasteiger partial charge in [0, 0.05) is 0 Å². The molecular weight excluding hydrogens is 449 g/mol. The van der Waals surface area contributed by atoms with E-state index >= 15 is 0 Å². The van der Waals surface area contributed by atoms with Gasteiger partial charge in [-0.05, 0) is 47.6 Å². The van der Waals surface area contributed by atoms with Crippen molar-refractivity contribution in [3.63, 3.8) is 0 Å². The third kappa shape index (κ3) is 9.87. The molecule has 0 bridgehead atoms. The molecule has 0 aliphatic heterocycles. The van der Waals surface area contributed by atoms with Gasteiger partial charge in [0.1, 0.15) is 5.75 Å². The second-order valence-corrected chi connectivity index (χ2v) is 9.92. The average Bonchev–Trinajstić information content (AvgIpc) is 2.87. The fourth-order valence-corrected chi connectivity index (χ4v) is 4.83. The minimum Gasteiger partial charge on any atom is -0.494 e. The smallest absolute Gasteiger partial charge is 0.414 e. The predicted molar refractivity (Wildman–Crippen MR) is 137 cm³/mol. The van der Waals surface area contributed by atoms with Crippen LogP contribution in [0.4, 0.5) is 13.2 Å². The van der Waals surface area contributed by atoms with Gasteiger partial charge in [-0.3, -0.25) is 0 Å². The molecule has 2 aromatic carbocycles. The SMILES string of the molecule is CCCCCCCCOc1ccc(-c2ccc(COC(CC3CCCCC3)C(F)(F)F)cc2)cc1. The van der Waals surface area contributed by atoms with E-state index in [1.807, 2.05) is 48.5 Å². The molecular formula is C30H41F3O2. The van der Waals surface area contributed by atoms with Crippen molar-refractivity contribution in [1.29, 1.82) is 0 Å². The second-order valence-electron chi connectivity index (χ2n) is 9.92. The van der Waals surface area contributed by atoms with Crippen LogP contribution in [-0.2, 0) is 11.3 Å². The van der Waals surface area contributed by atoms with E-state index in [1.54, 1.807) is 0 Å². The molecule has 0 radical (unpaired) electrons. The number of halogens is 3. The van der Waals surface area contributed by atoms with Crippen molar-refractivity contribution >= 4 is 0 Å². The summed E-state index contributed by atoms with van der Waals surface area (Å²) < 4.78 is 51.8. The number of rotatable bonds is 14. The maximum Gasteiger partial charge on any atom is 0.414 e. The fraction of sp³-hybridized carbons (Fsp3) is 0.600. The predicted octanol–water partition coefficient (Wildman–Crippen LogP) is 9.51. The minimum absolute atomic E-state index is 0.0254. The Balaban J connectivity index is 1.45. The number of benzene rings is 2. The van der Waals surface area contributed by atoms with E-state index < -0.39 is 12.3 Å². The number of hydrogen-bond donors (Lipinski definition) is 0. The molecule has 0 aromatic heterocycles. The first-order valence-electron chi connectivity index (χ1n) is 13.5. The zero-order valence-corrected chi connectivity index (χ0v) is 21.1. The summed E-state index contributed by atoms with van der Waals surface area (Å²) in [7, 11) is 0. The first kappa shape index (κ1) is 27.6. The lowest BCUT2D eigenvalue weighted by atomic mass is 9.85. The zero-order valence-electron chi connectivity index (χ0n) is 21.1. The molecule has 0 saturated heterocycles. The number of alkyl halides is 3. The molecule has 1 aliphatic carbocycles. The van der Waals surface area contributed by atoms with Gasteiger partial charge in [-0.15, -0.1) is 0 Å². The summed E-state index contributed by atoms with van der Waals surface area (Å²) >= 11 is 0. The Morgan fingerprint density at radius 3 is 2.03 bits per heavy atom. The summed E-state index contributed by atoms with van der Waals surface area (Å²) in [5.41, 5.74) is 2.83. The second kappa shape index (κ2) is 14.5. The molecule has 35 heavy (non-hydrogen) atoms. The van der Waals surface area contributed by atoms with Crippen LogP contribution in [0.2, 0.25) is 0 Å². The maximum absolute atomic E-state index is 13.5. The Hall–Kier alpha value is -2.01. The highest BCUT2D eigenvalue weighted by Crippen LogP contribution is 2.34. The molecule has 5 heteroatoms. The van der Waals surface area contributed by atoms with Crippen LogP contribution in [0, 0.1) is 5.92 Å². The molecule has 2 nitrogen and oxygen atoms in total. The molecule has 1 fully saturated rings. The molecule has 1 atom stereocenters. The first-order valence-corrected chi connectivity index (χ1v) is 13.5.